The number of sulfonamides is 1. The summed E-state index contributed by atoms with van der Waals surface area (Å²) < 4.78 is 28.8. The summed E-state index contributed by atoms with van der Waals surface area (Å²) in [5.74, 6) is -0.243. The second-order valence-corrected chi connectivity index (χ2v) is 11.8. The predicted molar refractivity (Wildman–Crippen MR) is 149 cm³/mol. The lowest BCUT2D eigenvalue weighted by molar-refractivity contribution is 0.0948. The number of hydrogen-bond donors (Lipinski definition) is 2. The third-order valence-corrected chi connectivity index (χ3v) is 8.84. The van der Waals surface area contributed by atoms with Gasteiger partial charge in [0.05, 0.1) is 15.1 Å². The molecular formula is C26H26ClN5O3S2. The summed E-state index contributed by atoms with van der Waals surface area (Å²) in [7, 11) is -3.72. The van der Waals surface area contributed by atoms with Crippen molar-refractivity contribution in [1.82, 2.24) is 15.2 Å². The number of carbonyl (C=O) groups excluding carboxylic acids is 1. The first-order chi connectivity index (χ1) is 17.9. The number of piperazine rings is 1. The molecule has 2 N–H and O–H groups in total. The Morgan fingerprint density at radius 1 is 0.973 bits per heavy atom. The number of hydrogen-bond acceptors (Lipinski definition) is 7. The minimum atomic E-state index is -3.72. The average Bonchev–Trinajstić information content (AvgIpc) is 3.33. The SMILES string of the molecule is O=C(NCCN1CCN(c2nc3ccc(Cl)cc3s2)CC1)c1cccc(NS(=O)(=O)c2ccccc2)c1. The van der Waals surface area contributed by atoms with Gasteiger partial charge in [-0.1, -0.05) is 47.2 Å². The van der Waals surface area contributed by atoms with Crippen molar-refractivity contribution in [3.05, 3.63) is 83.4 Å². The molecule has 0 spiro atoms. The van der Waals surface area contributed by atoms with Gasteiger partial charge in [-0.3, -0.25) is 14.4 Å². The van der Waals surface area contributed by atoms with Gasteiger partial charge >= 0.3 is 0 Å². The molecule has 1 aliphatic rings. The van der Waals surface area contributed by atoms with Crippen molar-refractivity contribution < 1.29 is 13.2 Å². The number of anilines is 2. The molecule has 37 heavy (non-hydrogen) atoms. The van der Waals surface area contributed by atoms with Gasteiger partial charge in [0.25, 0.3) is 15.9 Å². The van der Waals surface area contributed by atoms with Crippen molar-refractivity contribution >= 4 is 59.9 Å². The summed E-state index contributed by atoms with van der Waals surface area (Å²) in [4.78, 5) is 22.2. The maximum Gasteiger partial charge on any atom is 0.261 e. The second kappa shape index (κ2) is 11.1. The molecule has 2 heterocycles. The van der Waals surface area contributed by atoms with Gasteiger partial charge in [-0.25, -0.2) is 13.4 Å². The van der Waals surface area contributed by atoms with Crippen LogP contribution in [0.1, 0.15) is 10.4 Å². The molecule has 1 aliphatic heterocycles. The highest BCUT2D eigenvalue weighted by Crippen LogP contribution is 2.31. The lowest BCUT2D eigenvalue weighted by Crippen LogP contribution is -2.48. The second-order valence-electron chi connectivity index (χ2n) is 8.69. The third kappa shape index (κ3) is 6.22. The largest absolute Gasteiger partial charge is 0.351 e. The zero-order valence-corrected chi connectivity index (χ0v) is 22.3. The third-order valence-electron chi connectivity index (χ3n) is 6.13. The van der Waals surface area contributed by atoms with Crippen LogP contribution in [0.3, 0.4) is 0 Å². The molecule has 3 aromatic carbocycles. The van der Waals surface area contributed by atoms with Crippen molar-refractivity contribution in [3.63, 3.8) is 0 Å². The molecule has 11 heteroatoms. The van der Waals surface area contributed by atoms with Gasteiger partial charge in [-0.2, -0.15) is 0 Å². The van der Waals surface area contributed by atoms with E-state index >= 15 is 0 Å². The fraction of sp³-hybridized carbons (Fsp3) is 0.231. The fourth-order valence-corrected chi connectivity index (χ4v) is 6.52. The highest BCUT2D eigenvalue weighted by Gasteiger charge is 2.20. The molecule has 0 atom stereocenters. The summed E-state index contributed by atoms with van der Waals surface area (Å²) in [5, 5.41) is 4.66. The minimum absolute atomic E-state index is 0.164. The Balaban J connectivity index is 1.10. The molecule has 0 unspecified atom stereocenters. The van der Waals surface area contributed by atoms with Crippen molar-refractivity contribution in [3.8, 4) is 0 Å². The average molecular weight is 556 g/mol. The number of halogens is 1. The van der Waals surface area contributed by atoms with E-state index in [0.29, 0.717) is 17.8 Å². The molecule has 8 nitrogen and oxygen atoms in total. The first kappa shape index (κ1) is 25.5. The van der Waals surface area contributed by atoms with Crippen LogP contribution in [-0.2, 0) is 10.0 Å². The van der Waals surface area contributed by atoms with E-state index in [1.54, 1.807) is 53.8 Å². The van der Waals surface area contributed by atoms with Crippen LogP contribution in [0.25, 0.3) is 10.2 Å². The fourth-order valence-electron chi connectivity index (χ4n) is 4.15. The molecule has 1 amide bonds. The smallest absolute Gasteiger partial charge is 0.261 e. The topological polar surface area (TPSA) is 94.6 Å². The Hall–Kier alpha value is -3.18. The maximum atomic E-state index is 12.7. The zero-order chi connectivity index (χ0) is 25.8. The van der Waals surface area contributed by atoms with Crippen LogP contribution in [0, 0.1) is 0 Å². The van der Waals surface area contributed by atoms with Crippen LogP contribution in [0.5, 0.6) is 0 Å². The number of amides is 1. The lowest BCUT2D eigenvalue weighted by Gasteiger charge is -2.34. The molecule has 0 aliphatic carbocycles. The first-order valence-corrected chi connectivity index (χ1v) is 14.5. The zero-order valence-electron chi connectivity index (χ0n) is 19.9. The monoisotopic (exact) mass is 555 g/mol. The van der Waals surface area contributed by atoms with Crippen molar-refractivity contribution in [2.75, 3.05) is 48.9 Å². The van der Waals surface area contributed by atoms with Gasteiger partial charge in [0, 0.05) is 55.5 Å². The number of nitrogens with one attached hydrogen (secondary N) is 2. The van der Waals surface area contributed by atoms with Gasteiger partial charge in [0.15, 0.2) is 5.13 Å². The highest BCUT2D eigenvalue weighted by molar-refractivity contribution is 7.92. The molecule has 1 fully saturated rings. The van der Waals surface area contributed by atoms with E-state index in [0.717, 1.165) is 53.1 Å². The number of benzene rings is 3. The first-order valence-electron chi connectivity index (χ1n) is 11.9. The van der Waals surface area contributed by atoms with E-state index < -0.39 is 10.0 Å². The van der Waals surface area contributed by atoms with Crippen LogP contribution in [0.15, 0.2) is 77.7 Å². The Morgan fingerprint density at radius 3 is 2.54 bits per heavy atom. The van der Waals surface area contributed by atoms with Gasteiger partial charge in [-0.05, 0) is 48.5 Å². The minimum Gasteiger partial charge on any atom is -0.351 e. The molecule has 5 rings (SSSR count). The van der Waals surface area contributed by atoms with E-state index in [-0.39, 0.29) is 10.8 Å². The van der Waals surface area contributed by atoms with Gasteiger partial charge < -0.3 is 10.2 Å². The van der Waals surface area contributed by atoms with Gasteiger partial charge in [0.1, 0.15) is 0 Å². The number of carbonyl (C=O) groups is 1. The lowest BCUT2D eigenvalue weighted by atomic mass is 10.2. The summed E-state index contributed by atoms with van der Waals surface area (Å²) in [6.45, 7) is 4.72. The highest BCUT2D eigenvalue weighted by atomic mass is 35.5. The molecule has 1 aromatic heterocycles. The Labute approximate surface area is 224 Å². The quantitative estimate of drug-likeness (QED) is 0.336. The van der Waals surface area contributed by atoms with Crippen LogP contribution in [0.2, 0.25) is 5.02 Å². The van der Waals surface area contributed by atoms with E-state index in [1.807, 2.05) is 18.2 Å². The molecule has 1 saturated heterocycles. The molecule has 0 radical (unpaired) electrons. The van der Waals surface area contributed by atoms with Crippen molar-refractivity contribution in [1.29, 1.82) is 0 Å². The van der Waals surface area contributed by atoms with Crippen LogP contribution >= 0.6 is 22.9 Å². The van der Waals surface area contributed by atoms with E-state index in [4.69, 9.17) is 16.6 Å². The van der Waals surface area contributed by atoms with Crippen LogP contribution in [0.4, 0.5) is 10.8 Å². The summed E-state index contributed by atoms with van der Waals surface area (Å²) >= 11 is 7.75. The standard InChI is InChI=1S/C26H26ClN5O3S2/c27-20-9-10-23-24(18-20)36-26(29-23)32-15-13-31(14-16-32)12-11-28-25(33)19-5-4-6-21(17-19)30-37(34,35)22-7-2-1-3-8-22/h1-10,17-18,30H,11-16H2,(H,28,33). The Kier molecular flexibility index (Phi) is 7.61. The molecule has 0 saturated carbocycles. The van der Waals surface area contributed by atoms with Gasteiger partial charge in [0.2, 0.25) is 0 Å². The van der Waals surface area contributed by atoms with E-state index in [1.165, 1.54) is 12.1 Å². The van der Waals surface area contributed by atoms with E-state index in [9.17, 15) is 13.2 Å². The Morgan fingerprint density at radius 2 is 1.76 bits per heavy atom. The van der Waals surface area contributed by atoms with Crippen LogP contribution < -0.4 is 14.9 Å². The molecule has 0 bridgehead atoms. The van der Waals surface area contributed by atoms with Crippen molar-refractivity contribution in [2.45, 2.75) is 4.90 Å². The predicted octanol–water partition coefficient (Wildman–Crippen LogP) is 4.30. The Bertz CT molecular complexity index is 1500. The number of thiazole rings is 1. The summed E-state index contributed by atoms with van der Waals surface area (Å²) in [5.41, 5.74) is 1.70. The number of nitrogens with zero attached hydrogens (tertiary/aromatic N) is 3. The molecule has 4 aromatic rings. The van der Waals surface area contributed by atoms with Gasteiger partial charge in [-0.15, -0.1) is 0 Å². The van der Waals surface area contributed by atoms with E-state index in [2.05, 4.69) is 19.8 Å². The molecule has 192 valence electrons. The summed E-state index contributed by atoms with van der Waals surface area (Å²) in [6.07, 6.45) is 0. The molecular weight excluding hydrogens is 530 g/mol. The normalized spacial score (nSPS) is 14.6. The number of rotatable bonds is 8. The number of aromatic nitrogens is 1. The number of fused-ring (bicyclic) bond motifs is 1. The van der Waals surface area contributed by atoms with Crippen molar-refractivity contribution in [2.24, 2.45) is 0 Å². The van der Waals surface area contributed by atoms with Crippen LogP contribution in [-0.4, -0.2) is 63.5 Å². The summed E-state index contributed by atoms with van der Waals surface area (Å²) in [6, 6.07) is 20.4. The maximum absolute atomic E-state index is 12.7.